The Kier molecular flexibility index (Phi) is 4.80. The zero-order valence-corrected chi connectivity index (χ0v) is 8.67. The lowest BCUT2D eigenvalue weighted by Gasteiger charge is -2.32. The van der Waals surface area contributed by atoms with Crippen LogP contribution in [0.4, 0.5) is 0 Å². The van der Waals surface area contributed by atoms with Crippen molar-refractivity contribution in [1.29, 1.82) is 0 Å². The van der Waals surface area contributed by atoms with Crippen molar-refractivity contribution in [3.8, 4) is 0 Å². The molecular formula is C10H22O2. The molecule has 12 heavy (non-hydrogen) atoms. The van der Waals surface area contributed by atoms with E-state index in [1.54, 1.807) is 0 Å². The first-order valence-corrected chi connectivity index (χ1v) is 4.78. The largest absolute Gasteiger partial charge is 0.368 e. The summed E-state index contributed by atoms with van der Waals surface area (Å²) in [5, 5.41) is 18.4. The fourth-order valence-electron chi connectivity index (χ4n) is 1.84. The molecule has 2 heteroatoms. The fraction of sp³-hybridized carbons (Fsp3) is 1.00. The molecule has 0 radical (unpaired) electrons. The van der Waals surface area contributed by atoms with E-state index in [2.05, 4.69) is 20.8 Å². The van der Waals surface area contributed by atoms with Gasteiger partial charge in [0.05, 0.1) is 0 Å². The fourth-order valence-corrected chi connectivity index (χ4v) is 1.84. The summed E-state index contributed by atoms with van der Waals surface area (Å²) < 4.78 is 0. The van der Waals surface area contributed by atoms with Crippen LogP contribution in [-0.4, -0.2) is 16.5 Å². The minimum Gasteiger partial charge on any atom is -0.368 e. The molecule has 1 unspecified atom stereocenters. The Labute approximate surface area is 75.6 Å². The Morgan fingerprint density at radius 1 is 1.25 bits per heavy atom. The van der Waals surface area contributed by atoms with Crippen LogP contribution in [0.1, 0.15) is 47.0 Å². The Balaban J connectivity index is 4.18. The van der Waals surface area contributed by atoms with Gasteiger partial charge >= 0.3 is 0 Å². The first kappa shape index (κ1) is 11.9. The molecule has 0 amide bonds. The van der Waals surface area contributed by atoms with Crippen molar-refractivity contribution >= 4 is 0 Å². The van der Waals surface area contributed by atoms with Crippen molar-refractivity contribution in [3.63, 3.8) is 0 Å². The van der Waals surface area contributed by atoms with E-state index < -0.39 is 6.29 Å². The van der Waals surface area contributed by atoms with Crippen molar-refractivity contribution < 1.29 is 10.2 Å². The van der Waals surface area contributed by atoms with Gasteiger partial charge in [-0.2, -0.15) is 0 Å². The Hall–Kier alpha value is -0.0800. The topological polar surface area (TPSA) is 40.5 Å². The van der Waals surface area contributed by atoms with Gasteiger partial charge in [-0.25, -0.2) is 0 Å². The van der Waals surface area contributed by atoms with Crippen molar-refractivity contribution in [3.05, 3.63) is 0 Å². The summed E-state index contributed by atoms with van der Waals surface area (Å²) in [4.78, 5) is 0. The van der Waals surface area contributed by atoms with Gasteiger partial charge in [0.2, 0.25) is 0 Å². The number of aliphatic hydroxyl groups excluding tert-OH is 1. The highest BCUT2D eigenvalue weighted by atomic mass is 16.5. The highest BCUT2D eigenvalue weighted by Crippen LogP contribution is 2.33. The SMILES string of the molecule is CCCC(C)(CC(C)C)C(O)O. The minimum absolute atomic E-state index is 0.317. The van der Waals surface area contributed by atoms with E-state index >= 15 is 0 Å². The first-order chi connectivity index (χ1) is 5.42. The minimum atomic E-state index is -1.18. The number of rotatable bonds is 5. The van der Waals surface area contributed by atoms with Gasteiger partial charge in [-0.3, -0.25) is 0 Å². The van der Waals surface area contributed by atoms with Gasteiger partial charge in [-0.15, -0.1) is 0 Å². The molecule has 2 N–H and O–H groups in total. The number of hydrogen-bond acceptors (Lipinski definition) is 2. The predicted octanol–water partition coefficient (Wildman–Crippen LogP) is 2.15. The molecule has 0 aromatic heterocycles. The van der Waals surface area contributed by atoms with Crippen LogP contribution in [0.3, 0.4) is 0 Å². The normalized spacial score (nSPS) is 17.0. The second-order valence-corrected chi connectivity index (χ2v) is 4.38. The summed E-state index contributed by atoms with van der Waals surface area (Å²) >= 11 is 0. The molecule has 0 aromatic carbocycles. The van der Waals surface area contributed by atoms with E-state index in [0.29, 0.717) is 5.92 Å². The van der Waals surface area contributed by atoms with Crippen molar-refractivity contribution in [2.24, 2.45) is 11.3 Å². The third kappa shape index (κ3) is 3.55. The predicted molar refractivity (Wildman–Crippen MR) is 50.7 cm³/mol. The maximum atomic E-state index is 9.21. The molecule has 0 aliphatic heterocycles. The smallest absolute Gasteiger partial charge is 0.156 e. The Morgan fingerprint density at radius 3 is 2.00 bits per heavy atom. The van der Waals surface area contributed by atoms with Crippen LogP contribution in [0.15, 0.2) is 0 Å². The molecule has 0 rings (SSSR count). The average Bonchev–Trinajstić information content (AvgIpc) is 1.85. The summed E-state index contributed by atoms with van der Waals surface area (Å²) in [6, 6.07) is 0. The molecule has 0 aliphatic rings. The van der Waals surface area contributed by atoms with E-state index in [1.807, 2.05) is 6.92 Å². The number of aliphatic hydroxyl groups is 2. The van der Waals surface area contributed by atoms with Crippen molar-refractivity contribution in [1.82, 2.24) is 0 Å². The molecule has 0 aliphatic carbocycles. The third-order valence-corrected chi connectivity index (χ3v) is 2.32. The average molecular weight is 174 g/mol. The summed E-state index contributed by atoms with van der Waals surface area (Å²) in [7, 11) is 0. The van der Waals surface area contributed by atoms with Crippen LogP contribution in [0.25, 0.3) is 0 Å². The summed E-state index contributed by atoms with van der Waals surface area (Å²) in [6.07, 6.45) is 1.57. The summed E-state index contributed by atoms with van der Waals surface area (Å²) in [5.74, 6) is 0.517. The van der Waals surface area contributed by atoms with E-state index in [1.165, 1.54) is 0 Å². The molecular weight excluding hydrogens is 152 g/mol. The van der Waals surface area contributed by atoms with Gasteiger partial charge in [0.1, 0.15) is 0 Å². The Morgan fingerprint density at radius 2 is 1.75 bits per heavy atom. The quantitative estimate of drug-likeness (QED) is 0.627. The lowest BCUT2D eigenvalue weighted by Crippen LogP contribution is -2.33. The summed E-state index contributed by atoms with van der Waals surface area (Å²) in [6.45, 7) is 8.23. The molecule has 2 nitrogen and oxygen atoms in total. The van der Waals surface area contributed by atoms with E-state index in [4.69, 9.17) is 0 Å². The van der Waals surface area contributed by atoms with E-state index in [0.717, 1.165) is 19.3 Å². The molecule has 0 aromatic rings. The molecule has 1 atom stereocenters. The van der Waals surface area contributed by atoms with E-state index in [-0.39, 0.29) is 5.41 Å². The van der Waals surface area contributed by atoms with Crippen LogP contribution in [0, 0.1) is 11.3 Å². The van der Waals surface area contributed by atoms with Gasteiger partial charge in [0.25, 0.3) is 0 Å². The molecule has 74 valence electrons. The van der Waals surface area contributed by atoms with Crippen LogP contribution >= 0.6 is 0 Å². The molecule has 0 heterocycles. The first-order valence-electron chi connectivity index (χ1n) is 4.78. The highest BCUT2D eigenvalue weighted by molar-refractivity contribution is 4.77. The standard InChI is InChI=1S/C10H22O2/c1-5-6-10(4,9(11)12)7-8(2)3/h8-9,11-12H,5-7H2,1-4H3. The van der Waals surface area contributed by atoms with Gasteiger partial charge in [-0.05, 0) is 18.8 Å². The lowest BCUT2D eigenvalue weighted by molar-refractivity contribution is -0.138. The van der Waals surface area contributed by atoms with Gasteiger partial charge < -0.3 is 10.2 Å². The zero-order valence-electron chi connectivity index (χ0n) is 8.67. The van der Waals surface area contributed by atoms with Gasteiger partial charge in [0, 0.05) is 5.41 Å². The van der Waals surface area contributed by atoms with E-state index in [9.17, 15) is 10.2 Å². The molecule has 0 bridgehead atoms. The van der Waals surface area contributed by atoms with Crippen molar-refractivity contribution in [2.75, 3.05) is 0 Å². The second-order valence-electron chi connectivity index (χ2n) is 4.38. The maximum Gasteiger partial charge on any atom is 0.156 e. The zero-order chi connectivity index (χ0) is 9.78. The highest BCUT2D eigenvalue weighted by Gasteiger charge is 2.31. The molecule has 0 fully saturated rings. The number of hydrogen-bond donors (Lipinski definition) is 2. The monoisotopic (exact) mass is 174 g/mol. The second kappa shape index (κ2) is 4.83. The van der Waals surface area contributed by atoms with Gasteiger partial charge in [0.15, 0.2) is 6.29 Å². The van der Waals surface area contributed by atoms with Crippen LogP contribution in [0.2, 0.25) is 0 Å². The van der Waals surface area contributed by atoms with Crippen LogP contribution < -0.4 is 0 Å². The van der Waals surface area contributed by atoms with Crippen LogP contribution in [0.5, 0.6) is 0 Å². The van der Waals surface area contributed by atoms with Crippen molar-refractivity contribution in [2.45, 2.75) is 53.2 Å². The molecule has 0 spiro atoms. The van der Waals surface area contributed by atoms with Crippen LogP contribution in [-0.2, 0) is 0 Å². The molecule has 0 saturated carbocycles. The maximum absolute atomic E-state index is 9.21. The molecule has 0 saturated heterocycles. The lowest BCUT2D eigenvalue weighted by atomic mass is 9.78. The third-order valence-electron chi connectivity index (χ3n) is 2.32. The Bertz CT molecular complexity index is 121. The summed E-state index contributed by atoms with van der Waals surface area (Å²) in [5.41, 5.74) is -0.317. The van der Waals surface area contributed by atoms with Gasteiger partial charge in [-0.1, -0.05) is 34.1 Å².